The number of esters is 4. The Morgan fingerprint density at radius 2 is 1.16 bits per heavy atom. The number of alkyl halides is 3. The maximum absolute atomic E-state index is 13.5. The summed E-state index contributed by atoms with van der Waals surface area (Å²) in [5.74, 6) is -0.955. The summed E-state index contributed by atoms with van der Waals surface area (Å²) in [5.41, 5.74) is 1.39. The van der Waals surface area contributed by atoms with Crippen LogP contribution in [0, 0.1) is 0 Å². The highest BCUT2D eigenvalue weighted by atomic mass is 32.1. The number of carbonyl (C=O) groups is 4. The Hall–Kier alpha value is -7.01. The second-order valence-corrected chi connectivity index (χ2v) is 16.2. The topological polar surface area (TPSA) is 152 Å². The van der Waals surface area contributed by atoms with Crippen LogP contribution in [0.1, 0.15) is 96.9 Å². The molecule has 0 bridgehead atoms. The first-order valence-corrected chi connectivity index (χ1v) is 23.1. The normalized spacial score (nSPS) is 11.2. The van der Waals surface area contributed by atoms with Crippen LogP contribution in [-0.2, 0) is 19.1 Å². The molecule has 0 spiro atoms. The van der Waals surface area contributed by atoms with Crippen molar-refractivity contribution < 1.29 is 60.8 Å². The van der Waals surface area contributed by atoms with Crippen molar-refractivity contribution in [1.29, 1.82) is 0 Å². The fourth-order valence-corrected chi connectivity index (χ4v) is 7.28. The summed E-state index contributed by atoms with van der Waals surface area (Å²) in [6, 6.07) is 24.7. The molecule has 1 aromatic heterocycles. The lowest BCUT2D eigenvalue weighted by atomic mass is 10.2. The molecule has 360 valence electrons. The molecule has 0 amide bonds. The van der Waals surface area contributed by atoms with Gasteiger partial charge >= 0.3 is 30.1 Å². The number of thiazole rings is 1. The summed E-state index contributed by atoms with van der Waals surface area (Å²) in [7, 11) is 0. The third kappa shape index (κ3) is 18.3. The first-order chi connectivity index (χ1) is 32.9. The van der Waals surface area contributed by atoms with Crippen molar-refractivity contribution in [3.8, 4) is 23.0 Å². The van der Waals surface area contributed by atoms with E-state index in [1.165, 1.54) is 40.8 Å². The van der Waals surface area contributed by atoms with Crippen LogP contribution in [0.3, 0.4) is 0 Å². The number of ether oxygens (including phenoxy) is 6. The Labute approximate surface area is 397 Å². The van der Waals surface area contributed by atoms with Gasteiger partial charge in [-0.15, -0.1) is 0 Å². The maximum atomic E-state index is 13.5. The number of carbonyl (C=O) groups excluding carboxylic acids is 4. The van der Waals surface area contributed by atoms with Gasteiger partial charge in [0.2, 0.25) is 5.13 Å². The molecule has 0 saturated heterocycles. The minimum absolute atomic E-state index is 0.0667. The predicted molar refractivity (Wildman–Crippen MR) is 254 cm³/mol. The van der Waals surface area contributed by atoms with Gasteiger partial charge in [-0.1, -0.05) is 36.6 Å². The molecule has 68 heavy (non-hydrogen) atoms. The summed E-state index contributed by atoms with van der Waals surface area (Å²) in [4.78, 5) is 53.8. The van der Waals surface area contributed by atoms with Crippen LogP contribution < -0.4 is 24.0 Å². The van der Waals surface area contributed by atoms with Gasteiger partial charge in [0.25, 0.3) is 0 Å². The largest absolute Gasteiger partial charge is 0.494 e. The molecule has 0 radical (unpaired) electrons. The number of para-hydroxylation sites is 1. The molecule has 4 aromatic carbocycles. The number of fused-ring (bicyclic) bond motifs is 1. The molecular formula is C51H54F3N3O10S. The standard InChI is InChI=1S/C51H54F3N3O10S/c1-3-46(58)64-33-15-7-5-13-31-62-40-23-19-37(20-24-40)48(60)66-42-27-28-44(67-49(61)38-21-25-41(26-22-38)63-32-14-6-8-16-34-65-47(59)4-2)39(35-42)36-55-57(30-12-11-29-51(52,53)54)50-56-43-17-9-10-18-45(43)68-50/h3-4,9-10,17-28,35-36H,1-2,5-8,11-16,29-34H2. The van der Waals surface area contributed by atoms with Crippen molar-refractivity contribution in [2.75, 3.05) is 38.0 Å². The van der Waals surface area contributed by atoms with E-state index < -0.39 is 36.5 Å². The molecule has 0 N–H and O–H groups in total. The van der Waals surface area contributed by atoms with Crippen molar-refractivity contribution in [1.82, 2.24) is 4.98 Å². The van der Waals surface area contributed by atoms with Crippen LogP contribution in [0.15, 0.2) is 121 Å². The Balaban J connectivity index is 1.26. The van der Waals surface area contributed by atoms with Crippen LogP contribution in [0.4, 0.5) is 18.3 Å². The molecule has 5 rings (SSSR count). The summed E-state index contributed by atoms with van der Waals surface area (Å²) in [6.45, 7) is 8.43. The number of hydrazone groups is 1. The number of hydrogen-bond donors (Lipinski definition) is 0. The zero-order valence-electron chi connectivity index (χ0n) is 37.6. The fourth-order valence-electron chi connectivity index (χ4n) is 6.33. The highest BCUT2D eigenvalue weighted by molar-refractivity contribution is 7.22. The van der Waals surface area contributed by atoms with Crippen LogP contribution in [-0.4, -0.2) is 74.2 Å². The molecule has 5 aromatic rings. The van der Waals surface area contributed by atoms with Gasteiger partial charge in [-0.25, -0.2) is 29.2 Å². The molecule has 13 nitrogen and oxygen atoms in total. The lowest BCUT2D eigenvalue weighted by molar-refractivity contribution is -0.138. The summed E-state index contributed by atoms with van der Waals surface area (Å²) in [5, 5.41) is 6.57. The average molecular weight is 958 g/mol. The van der Waals surface area contributed by atoms with Gasteiger partial charge < -0.3 is 28.4 Å². The van der Waals surface area contributed by atoms with E-state index >= 15 is 0 Å². The molecule has 1 heterocycles. The number of nitrogens with zero attached hydrogens (tertiary/aromatic N) is 3. The van der Waals surface area contributed by atoms with E-state index in [1.54, 1.807) is 48.5 Å². The van der Waals surface area contributed by atoms with Gasteiger partial charge in [-0.2, -0.15) is 18.3 Å². The van der Waals surface area contributed by atoms with E-state index in [0.717, 1.165) is 68.2 Å². The number of aromatic nitrogens is 1. The van der Waals surface area contributed by atoms with Gasteiger partial charge in [-0.3, -0.25) is 0 Å². The molecule has 0 aliphatic heterocycles. The van der Waals surface area contributed by atoms with Crippen molar-refractivity contribution in [2.45, 2.75) is 76.8 Å². The van der Waals surface area contributed by atoms with Crippen LogP contribution in [0.2, 0.25) is 0 Å². The van der Waals surface area contributed by atoms with E-state index in [4.69, 9.17) is 28.4 Å². The van der Waals surface area contributed by atoms with E-state index in [9.17, 15) is 32.3 Å². The number of halogens is 3. The molecule has 0 aliphatic carbocycles. The third-order valence-corrected chi connectivity index (χ3v) is 11.0. The Kier molecular flexibility index (Phi) is 21.1. The molecule has 0 fully saturated rings. The Bertz CT molecular complexity index is 2420. The second kappa shape index (κ2) is 27.6. The highest BCUT2D eigenvalue weighted by Gasteiger charge is 2.26. The highest BCUT2D eigenvalue weighted by Crippen LogP contribution is 2.31. The number of benzene rings is 4. The van der Waals surface area contributed by atoms with Crippen molar-refractivity contribution >= 4 is 56.8 Å². The Morgan fingerprint density at radius 3 is 1.71 bits per heavy atom. The van der Waals surface area contributed by atoms with Crippen molar-refractivity contribution in [3.63, 3.8) is 0 Å². The number of hydrogen-bond acceptors (Lipinski definition) is 14. The quantitative estimate of drug-likeness (QED) is 0.0112. The summed E-state index contributed by atoms with van der Waals surface area (Å²) in [6.07, 6.45) is 4.96. The minimum Gasteiger partial charge on any atom is -0.494 e. The smallest absolute Gasteiger partial charge is 0.389 e. The van der Waals surface area contributed by atoms with Gasteiger partial charge in [0.1, 0.15) is 23.0 Å². The van der Waals surface area contributed by atoms with Crippen molar-refractivity contribution in [2.24, 2.45) is 5.10 Å². The lowest BCUT2D eigenvalue weighted by Crippen LogP contribution is -2.19. The Morgan fingerprint density at radius 1 is 0.632 bits per heavy atom. The zero-order valence-corrected chi connectivity index (χ0v) is 38.4. The van der Waals surface area contributed by atoms with Crippen LogP contribution in [0.25, 0.3) is 10.2 Å². The SMILES string of the molecule is C=CC(=O)OCCCCCCOc1ccc(C(=O)Oc2ccc(OC(=O)c3ccc(OCCCCCCOC(=O)C=C)cc3)c(C=NN(CCCCC(F)(F)F)c3nc4ccccc4s3)c2)cc1. The van der Waals surface area contributed by atoms with E-state index in [0.29, 0.717) is 48.6 Å². The third-order valence-electron chi connectivity index (χ3n) is 9.93. The van der Waals surface area contributed by atoms with Gasteiger partial charge in [0.15, 0.2) is 0 Å². The predicted octanol–water partition coefficient (Wildman–Crippen LogP) is 11.6. The molecule has 0 unspecified atom stereocenters. The monoisotopic (exact) mass is 957 g/mol. The number of unbranched alkanes of at least 4 members (excludes halogenated alkanes) is 7. The second-order valence-electron chi connectivity index (χ2n) is 15.2. The first-order valence-electron chi connectivity index (χ1n) is 22.3. The number of rotatable bonds is 29. The molecule has 0 aliphatic rings. The van der Waals surface area contributed by atoms with Gasteiger partial charge in [0, 0.05) is 30.7 Å². The molecule has 0 saturated carbocycles. The average Bonchev–Trinajstić information content (AvgIpc) is 3.77. The van der Waals surface area contributed by atoms with Crippen LogP contribution in [0.5, 0.6) is 23.0 Å². The molecule has 0 atom stereocenters. The van der Waals surface area contributed by atoms with Gasteiger partial charge in [0.05, 0.1) is 54.0 Å². The molecule has 17 heteroatoms. The maximum Gasteiger partial charge on any atom is 0.389 e. The summed E-state index contributed by atoms with van der Waals surface area (Å²) >= 11 is 1.32. The summed E-state index contributed by atoms with van der Waals surface area (Å²) < 4.78 is 73.2. The van der Waals surface area contributed by atoms with E-state index in [-0.39, 0.29) is 47.6 Å². The number of anilines is 1. The minimum atomic E-state index is -4.30. The van der Waals surface area contributed by atoms with E-state index in [2.05, 4.69) is 23.2 Å². The van der Waals surface area contributed by atoms with E-state index in [1.807, 2.05) is 24.3 Å². The lowest BCUT2D eigenvalue weighted by Gasteiger charge is -2.16. The zero-order chi connectivity index (χ0) is 48.6. The first kappa shape index (κ1) is 52.0. The molecular weight excluding hydrogens is 904 g/mol. The van der Waals surface area contributed by atoms with Gasteiger partial charge in [-0.05, 0) is 143 Å². The fraction of sp³-hybridized carbons (Fsp3) is 0.333. The van der Waals surface area contributed by atoms with Crippen LogP contribution >= 0.6 is 11.3 Å². The van der Waals surface area contributed by atoms with Crippen molar-refractivity contribution in [3.05, 3.63) is 133 Å².